The van der Waals surface area contributed by atoms with Crippen LogP contribution in [0.1, 0.15) is 0 Å². The normalized spacial score (nSPS) is 15.5. The van der Waals surface area contributed by atoms with Crippen LogP contribution in [0.2, 0.25) is 0 Å². The predicted octanol–water partition coefficient (Wildman–Crippen LogP) is -0.0901. The van der Waals surface area contributed by atoms with E-state index >= 15 is 0 Å². The molecule has 0 saturated carbocycles. The molecule has 0 aliphatic carbocycles. The summed E-state index contributed by atoms with van der Waals surface area (Å²) in [7, 11) is -4.61. The Morgan fingerprint density at radius 2 is 0.667 bits per heavy atom. The van der Waals surface area contributed by atoms with Crippen LogP contribution >= 0.6 is 0 Å². The van der Waals surface area contributed by atoms with E-state index in [1.165, 1.54) is 0 Å². The minimum absolute atomic E-state index is 4.61. The third kappa shape index (κ3) is 13000. The number of hydrogen-bond donors (Lipinski definition) is 4. The molecule has 0 amide bonds. The molecular weight excluding hydrogens is 271 g/mol. The summed E-state index contributed by atoms with van der Waals surface area (Å²) in [4.78, 5) is 29.3. The summed E-state index contributed by atoms with van der Waals surface area (Å²) < 4.78 is 59.6. The third-order valence-corrected chi connectivity index (χ3v) is 0. The zero-order valence-corrected chi connectivity index (χ0v) is 9.23. The summed E-state index contributed by atoms with van der Waals surface area (Å²) in [5.41, 5.74) is 0. The van der Waals surface area contributed by atoms with Crippen LogP contribution in [-0.2, 0) is 15.4 Å². The van der Waals surface area contributed by atoms with E-state index in [4.69, 9.17) is 19.2 Å². The quantitative estimate of drug-likeness (QED) is 0.368. The molecule has 12 heavy (non-hydrogen) atoms. The van der Waals surface area contributed by atoms with E-state index in [2.05, 4.69) is 0 Å². The maximum atomic E-state index is 9.94. The van der Waals surface area contributed by atoms with Crippen molar-refractivity contribution in [2.75, 3.05) is 0 Å². The second-order valence-corrected chi connectivity index (χ2v) is 9.67. The van der Waals surface area contributed by atoms with Gasteiger partial charge >= 0.3 is 44.4 Å². The summed E-state index contributed by atoms with van der Waals surface area (Å²) in [5.74, 6) is 0. The molecule has 4 N–H and O–H groups in total. The Balaban J connectivity index is 0. The second kappa shape index (κ2) is 2.62. The molecule has 0 saturated heterocycles. The fraction of sp³-hybridized carbons (Fsp3) is 0. The van der Waals surface area contributed by atoms with Crippen molar-refractivity contribution in [1.29, 1.82) is 0 Å². The average molecular weight is 275 g/mol. The molecule has 0 aromatic heterocycles. The van der Waals surface area contributed by atoms with Crippen molar-refractivity contribution in [3.8, 4) is 0 Å². The Morgan fingerprint density at radius 3 is 0.667 bits per heavy atom. The molecule has 0 heterocycles. The molecule has 0 aromatic carbocycles. The van der Waals surface area contributed by atoms with Gasteiger partial charge in [-0.15, -0.1) is 0 Å². The van der Waals surface area contributed by atoms with Crippen molar-refractivity contribution >= 4 is 9.05 Å². The average Bonchev–Trinajstić information content (AvgIpc) is 1.04. The molecule has 76 valence electrons. The van der Waals surface area contributed by atoms with E-state index in [-0.39, 0.29) is 0 Å². The van der Waals surface area contributed by atoms with Crippen molar-refractivity contribution in [1.82, 2.24) is 0 Å². The summed E-state index contributed by atoms with van der Waals surface area (Å²) in [5, 5.41) is 0. The SMILES string of the molecule is O[Si](O)(O)O.[F][Zn]([F])([F])([F])([F])[F]. The zero-order valence-electron chi connectivity index (χ0n) is 5.26. The standard InChI is InChI=1S/6FH.H4O4Si.Zn/c;;;;;;1-5(2,3)4;/h6*1H;1-4H;/q;;;;;;;+6/p-6. The number of hydrogen-bond acceptors (Lipinski definition) is 4. The van der Waals surface area contributed by atoms with Crippen LogP contribution in [0.4, 0.5) is 19.9 Å². The van der Waals surface area contributed by atoms with Crippen molar-refractivity contribution in [3.63, 3.8) is 0 Å². The Morgan fingerprint density at radius 1 is 0.667 bits per heavy atom. The molecule has 12 heteroatoms. The molecule has 0 radical (unpaired) electrons. The van der Waals surface area contributed by atoms with Gasteiger partial charge in [-0.1, -0.05) is 0 Å². The van der Waals surface area contributed by atoms with Crippen molar-refractivity contribution < 1.29 is 54.5 Å². The van der Waals surface area contributed by atoms with Crippen LogP contribution in [0.3, 0.4) is 0 Å². The van der Waals surface area contributed by atoms with Gasteiger partial charge in [0.1, 0.15) is 0 Å². The molecular formula is H4F6O4SiZn. The molecule has 0 bridgehead atoms. The van der Waals surface area contributed by atoms with E-state index in [1.54, 1.807) is 0 Å². The van der Waals surface area contributed by atoms with Crippen LogP contribution in [0.15, 0.2) is 0 Å². The summed E-state index contributed by atoms with van der Waals surface area (Å²) in [6.07, 6.45) is 0. The Hall–Kier alpha value is 0.260. The number of halogens is 6. The molecule has 0 fully saturated rings. The fourth-order valence-corrected chi connectivity index (χ4v) is 0. The molecule has 0 spiro atoms. The van der Waals surface area contributed by atoms with E-state index < -0.39 is 24.5 Å². The first-order valence-corrected chi connectivity index (χ1v) is 11.0. The Labute approximate surface area is 64.3 Å². The van der Waals surface area contributed by atoms with Gasteiger partial charge < -0.3 is 19.2 Å². The van der Waals surface area contributed by atoms with Gasteiger partial charge in [0.05, 0.1) is 0 Å². The van der Waals surface area contributed by atoms with Crippen LogP contribution in [0, 0.1) is 0 Å². The number of rotatable bonds is 0. The van der Waals surface area contributed by atoms with Gasteiger partial charge in [0.2, 0.25) is 0 Å². The molecule has 0 aromatic rings. The van der Waals surface area contributed by atoms with E-state index in [9.17, 15) is 19.9 Å². The van der Waals surface area contributed by atoms with Gasteiger partial charge in [-0.2, -0.15) is 0 Å². The summed E-state index contributed by atoms with van der Waals surface area (Å²) in [6, 6.07) is 0. The molecule has 0 rings (SSSR count). The third-order valence-electron chi connectivity index (χ3n) is 0. The topological polar surface area (TPSA) is 80.9 Å². The van der Waals surface area contributed by atoms with Gasteiger partial charge in [0.25, 0.3) is 0 Å². The fourth-order valence-electron chi connectivity index (χ4n) is 0. The summed E-state index contributed by atoms with van der Waals surface area (Å²) >= 11 is -11.4. The van der Waals surface area contributed by atoms with Crippen LogP contribution < -0.4 is 0 Å². The van der Waals surface area contributed by atoms with Crippen LogP contribution in [0.25, 0.3) is 0 Å². The summed E-state index contributed by atoms with van der Waals surface area (Å²) in [6.45, 7) is 0. The van der Waals surface area contributed by atoms with Crippen molar-refractivity contribution in [2.24, 2.45) is 0 Å². The van der Waals surface area contributed by atoms with E-state index in [0.717, 1.165) is 0 Å². The second-order valence-electron chi connectivity index (χ2n) is 2.12. The predicted molar refractivity (Wildman–Crippen MR) is 21.3 cm³/mol. The van der Waals surface area contributed by atoms with Gasteiger partial charge in [0.15, 0.2) is 0 Å². The monoisotopic (exact) mass is 274 g/mol. The van der Waals surface area contributed by atoms with Gasteiger partial charge in [-0.25, -0.2) is 0 Å². The zero-order chi connectivity index (χ0) is 10.9. The minimum atomic E-state index is -11.4. The molecule has 4 nitrogen and oxygen atoms in total. The van der Waals surface area contributed by atoms with E-state index in [0.29, 0.717) is 0 Å². The first-order chi connectivity index (χ1) is 4.45. The van der Waals surface area contributed by atoms with Gasteiger partial charge in [0, 0.05) is 0 Å². The maximum absolute atomic E-state index is 11.4. The molecule has 0 aliphatic heterocycles. The van der Waals surface area contributed by atoms with E-state index in [1.807, 2.05) is 0 Å². The molecule has 0 atom stereocenters. The van der Waals surface area contributed by atoms with Crippen molar-refractivity contribution in [2.45, 2.75) is 0 Å². The van der Waals surface area contributed by atoms with Gasteiger partial charge in [-0.05, 0) is 0 Å². The Bertz CT molecular complexity index is 130. The van der Waals surface area contributed by atoms with Crippen LogP contribution in [0.5, 0.6) is 0 Å². The first-order valence-electron chi connectivity index (χ1n) is 2.50. The van der Waals surface area contributed by atoms with Gasteiger partial charge in [-0.3, -0.25) is 0 Å². The molecule has 0 unspecified atom stereocenters. The molecule has 0 aliphatic rings. The first kappa shape index (κ1) is 14.8. The van der Waals surface area contributed by atoms with Crippen molar-refractivity contribution in [3.05, 3.63) is 0 Å². The Kier molecular flexibility index (Phi) is 3.23. The van der Waals surface area contributed by atoms with Crippen LogP contribution in [-0.4, -0.2) is 28.2 Å².